The van der Waals surface area contributed by atoms with Crippen molar-refractivity contribution in [2.45, 2.75) is 33.2 Å². The molecule has 0 saturated carbocycles. The molecular weight excluding hydrogens is 238 g/mol. The fourth-order valence-corrected chi connectivity index (χ4v) is 2.88. The number of carbonyl (C=O) groups excluding carboxylic acids is 1. The summed E-state index contributed by atoms with van der Waals surface area (Å²) < 4.78 is 4.87. The molecule has 0 aliphatic carbocycles. The quantitative estimate of drug-likeness (QED) is 0.784. The number of anilines is 1. The Labute approximate surface area is 115 Å². The van der Waals surface area contributed by atoms with Crippen LogP contribution >= 0.6 is 0 Å². The van der Waals surface area contributed by atoms with Gasteiger partial charge in [-0.1, -0.05) is 25.1 Å². The lowest BCUT2D eigenvalue weighted by Crippen LogP contribution is -2.45. The van der Waals surface area contributed by atoms with Crippen LogP contribution in [0.4, 0.5) is 5.69 Å². The molecule has 0 bridgehead atoms. The third kappa shape index (κ3) is 2.75. The number of para-hydroxylation sites is 1. The van der Waals surface area contributed by atoms with E-state index in [0.29, 0.717) is 5.92 Å². The Morgan fingerprint density at radius 1 is 1.37 bits per heavy atom. The molecule has 1 heterocycles. The predicted octanol–water partition coefficient (Wildman–Crippen LogP) is 2.88. The highest BCUT2D eigenvalue weighted by Crippen LogP contribution is 2.32. The number of carbonyl (C=O) groups is 1. The fourth-order valence-electron chi connectivity index (χ4n) is 2.88. The number of benzene rings is 1. The van der Waals surface area contributed by atoms with Crippen molar-refractivity contribution in [2.24, 2.45) is 11.8 Å². The van der Waals surface area contributed by atoms with Crippen LogP contribution in [0.5, 0.6) is 0 Å². The van der Waals surface area contributed by atoms with Gasteiger partial charge in [0.05, 0.1) is 13.0 Å². The summed E-state index contributed by atoms with van der Waals surface area (Å²) in [4.78, 5) is 14.1. The second-order valence-electron chi connectivity index (χ2n) is 5.64. The summed E-state index contributed by atoms with van der Waals surface area (Å²) in [6, 6.07) is 8.65. The largest absolute Gasteiger partial charge is 0.469 e. The van der Waals surface area contributed by atoms with E-state index in [1.165, 1.54) is 18.4 Å². The van der Waals surface area contributed by atoms with Gasteiger partial charge in [0.25, 0.3) is 0 Å². The van der Waals surface area contributed by atoms with Crippen LogP contribution in [0.1, 0.15) is 26.3 Å². The lowest BCUT2D eigenvalue weighted by Gasteiger charge is -2.40. The van der Waals surface area contributed by atoms with Crippen molar-refractivity contribution < 1.29 is 9.53 Å². The number of nitrogens with zero attached hydrogens (tertiary/aromatic N) is 1. The van der Waals surface area contributed by atoms with Gasteiger partial charge in [-0.15, -0.1) is 0 Å². The molecule has 3 unspecified atom stereocenters. The van der Waals surface area contributed by atoms with E-state index in [2.05, 4.69) is 43.0 Å². The Bertz CT molecular complexity index is 458. The number of esters is 1. The number of rotatable bonds is 3. The number of ether oxygens (including phenoxy) is 1. The van der Waals surface area contributed by atoms with Crippen molar-refractivity contribution >= 4 is 11.7 Å². The van der Waals surface area contributed by atoms with Crippen LogP contribution in [-0.4, -0.2) is 25.7 Å². The van der Waals surface area contributed by atoms with Crippen molar-refractivity contribution in [2.75, 3.05) is 18.6 Å². The van der Waals surface area contributed by atoms with Crippen LogP contribution in [-0.2, 0) is 16.0 Å². The van der Waals surface area contributed by atoms with Gasteiger partial charge in [0.2, 0.25) is 0 Å². The minimum atomic E-state index is -0.136. The third-order valence-electron chi connectivity index (χ3n) is 4.17. The summed E-state index contributed by atoms with van der Waals surface area (Å²) in [6.45, 7) is 7.31. The Morgan fingerprint density at radius 2 is 2.05 bits per heavy atom. The van der Waals surface area contributed by atoms with Crippen LogP contribution in [0.25, 0.3) is 0 Å². The molecule has 0 aromatic heterocycles. The Morgan fingerprint density at radius 3 is 2.74 bits per heavy atom. The molecule has 1 aromatic carbocycles. The molecule has 0 radical (unpaired) electrons. The zero-order valence-electron chi connectivity index (χ0n) is 12.2. The van der Waals surface area contributed by atoms with Crippen molar-refractivity contribution in [1.82, 2.24) is 0 Å². The van der Waals surface area contributed by atoms with Gasteiger partial charge in [0, 0.05) is 18.3 Å². The van der Waals surface area contributed by atoms with Crippen molar-refractivity contribution in [3.05, 3.63) is 29.8 Å². The van der Waals surface area contributed by atoms with Gasteiger partial charge >= 0.3 is 5.97 Å². The molecule has 1 aliphatic rings. The Balaban J connectivity index is 2.27. The first kappa shape index (κ1) is 13.9. The highest BCUT2D eigenvalue weighted by Gasteiger charge is 2.31. The van der Waals surface area contributed by atoms with E-state index in [1.807, 2.05) is 6.92 Å². The fraction of sp³-hybridized carbons (Fsp3) is 0.562. The van der Waals surface area contributed by atoms with Gasteiger partial charge in [-0.25, -0.2) is 0 Å². The topological polar surface area (TPSA) is 29.5 Å². The molecular formula is C16H23NO2. The van der Waals surface area contributed by atoms with Crippen molar-refractivity contribution in [3.63, 3.8) is 0 Å². The zero-order chi connectivity index (χ0) is 14.0. The van der Waals surface area contributed by atoms with Crippen LogP contribution in [0.15, 0.2) is 24.3 Å². The summed E-state index contributed by atoms with van der Waals surface area (Å²) in [5.41, 5.74) is 2.65. The maximum absolute atomic E-state index is 11.7. The number of methoxy groups -OCH3 is 1. The molecule has 3 heteroatoms. The first-order chi connectivity index (χ1) is 9.04. The van der Waals surface area contributed by atoms with Crippen molar-refractivity contribution in [1.29, 1.82) is 0 Å². The summed E-state index contributed by atoms with van der Waals surface area (Å²) >= 11 is 0. The van der Waals surface area contributed by atoms with Crippen LogP contribution in [0.3, 0.4) is 0 Å². The number of hydrogen-bond acceptors (Lipinski definition) is 3. The SMILES string of the molecule is COC(=O)C(C)C(C)N1CC(C)Cc2ccccc21. The number of hydrogen-bond donors (Lipinski definition) is 0. The normalized spacial score (nSPS) is 21.5. The van der Waals surface area contributed by atoms with Gasteiger partial charge < -0.3 is 9.64 Å². The molecule has 0 N–H and O–H groups in total. The van der Waals surface area contributed by atoms with Gasteiger partial charge in [-0.3, -0.25) is 4.79 Å². The van der Waals surface area contributed by atoms with E-state index < -0.39 is 0 Å². The second-order valence-corrected chi connectivity index (χ2v) is 5.64. The molecule has 0 saturated heterocycles. The average molecular weight is 261 g/mol. The minimum absolute atomic E-state index is 0.122. The van der Waals surface area contributed by atoms with Crippen molar-refractivity contribution in [3.8, 4) is 0 Å². The molecule has 2 rings (SSSR count). The molecule has 0 fully saturated rings. The maximum atomic E-state index is 11.7. The Hall–Kier alpha value is -1.51. The third-order valence-corrected chi connectivity index (χ3v) is 4.17. The standard InChI is InChI=1S/C16H23NO2/c1-11-9-14-7-5-6-8-15(14)17(10-11)13(3)12(2)16(18)19-4/h5-8,11-13H,9-10H2,1-4H3. The highest BCUT2D eigenvalue weighted by molar-refractivity contribution is 5.73. The lowest BCUT2D eigenvalue weighted by atomic mass is 9.90. The molecule has 1 aliphatic heterocycles. The zero-order valence-corrected chi connectivity index (χ0v) is 12.2. The van der Waals surface area contributed by atoms with Gasteiger partial charge in [-0.2, -0.15) is 0 Å². The first-order valence-corrected chi connectivity index (χ1v) is 6.97. The van der Waals surface area contributed by atoms with E-state index in [1.54, 1.807) is 0 Å². The van der Waals surface area contributed by atoms with Crippen LogP contribution in [0, 0.1) is 11.8 Å². The number of fused-ring (bicyclic) bond motifs is 1. The summed E-state index contributed by atoms with van der Waals surface area (Å²) in [7, 11) is 1.46. The summed E-state index contributed by atoms with van der Waals surface area (Å²) in [6.07, 6.45) is 1.12. The average Bonchev–Trinajstić information content (AvgIpc) is 2.43. The molecule has 0 spiro atoms. The lowest BCUT2D eigenvalue weighted by molar-refractivity contribution is -0.145. The highest BCUT2D eigenvalue weighted by atomic mass is 16.5. The second kappa shape index (κ2) is 5.64. The molecule has 0 amide bonds. The summed E-state index contributed by atoms with van der Waals surface area (Å²) in [5.74, 6) is 0.355. The smallest absolute Gasteiger partial charge is 0.310 e. The van der Waals surface area contributed by atoms with E-state index in [-0.39, 0.29) is 17.9 Å². The van der Waals surface area contributed by atoms with E-state index in [4.69, 9.17) is 4.74 Å². The van der Waals surface area contributed by atoms with Gasteiger partial charge in [0.1, 0.15) is 0 Å². The maximum Gasteiger partial charge on any atom is 0.310 e. The van der Waals surface area contributed by atoms with Gasteiger partial charge in [0.15, 0.2) is 0 Å². The molecule has 1 aromatic rings. The molecule has 3 atom stereocenters. The summed E-state index contributed by atoms with van der Waals surface area (Å²) in [5, 5.41) is 0. The monoisotopic (exact) mass is 261 g/mol. The minimum Gasteiger partial charge on any atom is -0.469 e. The van der Waals surface area contributed by atoms with Gasteiger partial charge in [-0.05, 0) is 37.8 Å². The van der Waals surface area contributed by atoms with Crippen LogP contribution in [0.2, 0.25) is 0 Å². The van der Waals surface area contributed by atoms with E-state index >= 15 is 0 Å². The van der Waals surface area contributed by atoms with E-state index in [0.717, 1.165) is 13.0 Å². The predicted molar refractivity (Wildman–Crippen MR) is 77.3 cm³/mol. The first-order valence-electron chi connectivity index (χ1n) is 6.97. The molecule has 19 heavy (non-hydrogen) atoms. The Kier molecular flexibility index (Phi) is 4.13. The van der Waals surface area contributed by atoms with E-state index in [9.17, 15) is 4.79 Å². The molecule has 104 valence electrons. The van der Waals surface area contributed by atoms with Crippen LogP contribution < -0.4 is 4.90 Å². The molecule has 3 nitrogen and oxygen atoms in total.